The third-order valence-electron chi connectivity index (χ3n) is 2.93. The molecule has 0 spiro atoms. The van der Waals surface area contributed by atoms with Crippen molar-refractivity contribution in [3.63, 3.8) is 0 Å². The van der Waals surface area contributed by atoms with E-state index in [1.165, 1.54) is 29.2 Å². The van der Waals surface area contributed by atoms with E-state index in [-0.39, 0.29) is 21.4 Å². The Balaban J connectivity index is 0.000000696. The molecule has 0 atom stereocenters. The van der Waals surface area contributed by atoms with Crippen LogP contribution in [0.1, 0.15) is 5.56 Å². The average Bonchev–Trinajstić information content (AvgIpc) is 2.65. The number of sulfonamides is 1. The van der Waals surface area contributed by atoms with Crippen molar-refractivity contribution in [2.75, 3.05) is 30.9 Å². The molecule has 10 nitrogen and oxygen atoms in total. The SMILES string of the molecule is CN(C)C=O.CSc1nc(N)n(NS(=O)(=O)c2ccc(Br)cc2)c(=O)c1C#N. The van der Waals surface area contributed by atoms with E-state index < -0.39 is 15.6 Å². The minimum atomic E-state index is -4.06. The molecule has 0 saturated carbocycles. The molecule has 2 aromatic rings. The molecule has 0 aliphatic rings. The first-order valence-corrected chi connectivity index (χ1v) is 10.8. The van der Waals surface area contributed by atoms with E-state index in [2.05, 4.69) is 20.9 Å². The third kappa shape index (κ3) is 5.98. The Bertz CT molecular complexity index is 1050. The normalized spacial score (nSPS) is 10.2. The number of nitrogens with one attached hydrogen (secondary N) is 1. The number of rotatable bonds is 5. The van der Waals surface area contributed by atoms with E-state index in [4.69, 9.17) is 11.0 Å². The van der Waals surface area contributed by atoms with Crippen LogP contribution in [-0.4, -0.2) is 49.7 Å². The van der Waals surface area contributed by atoms with Crippen molar-refractivity contribution in [2.24, 2.45) is 0 Å². The van der Waals surface area contributed by atoms with Gasteiger partial charge < -0.3 is 10.6 Å². The summed E-state index contributed by atoms with van der Waals surface area (Å²) in [5, 5.41) is 9.19. The standard InChI is InChI=1S/C12H10BrN5O3S2.C3H7NO/c1-22-10-9(6-14)11(19)18(12(15)16-10)17-23(20,21)8-4-2-7(13)3-5-8;1-4(2)3-5/h2-5,17H,1H3,(H2,15,16);3H,1-2H3. The van der Waals surface area contributed by atoms with Gasteiger partial charge in [-0.15, -0.1) is 11.8 Å². The molecular weight excluding hydrogens is 472 g/mol. The largest absolute Gasteiger partial charge is 0.368 e. The van der Waals surface area contributed by atoms with Gasteiger partial charge in [-0.3, -0.25) is 9.59 Å². The van der Waals surface area contributed by atoms with Crippen molar-refractivity contribution in [1.82, 2.24) is 14.6 Å². The quantitative estimate of drug-likeness (QED) is 0.356. The highest BCUT2D eigenvalue weighted by Crippen LogP contribution is 2.17. The monoisotopic (exact) mass is 488 g/mol. The molecule has 1 aromatic heterocycles. The predicted molar refractivity (Wildman–Crippen MR) is 110 cm³/mol. The molecule has 1 aromatic carbocycles. The number of carbonyl (C=O) groups excluding carboxylic acids is 1. The number of thioether (sulfide) groups is 1. The Labute approximate surface area is 174 Å². The molecular formula is C15H17BrN6O4S2. The number of nitrogen functional groups attached to an aromatic ring is 1. The van der Waals surface area contributed by atoms with Gasteiger partial charge in [0.15, 0.2) is 5.56 Å². The second kappa shape index (κ2) is 10.1. The van der Waals surface area contributed by atoms with Crippen LogP contribution in [0.3, 0.4) is 0 Å². The highest BCUT2D eigenvalue weighted by atomic mass is 79.9. The summed E-state index contributed by atoms with van der Waals surface area (Å²) in [7, 11) is -0.689. The Hall–Kier alpha value is -2.56. The van der Waals surface area contributed by atoms with Crippen molar-refractivity contribution in [3.05, 3.63) is 44.7 Å². The topological polar surface area (TPSA) is 151 Å². The molecule has 13 heteroatoms. The highest BCUT2D eigenvalue weighted by Gasteiger charge is 2.20. The summed E-state index contributed by atoms with van der Waals surface area (Å²) in [5.41, 5.74) is 4.45. The lowest BCUT2D eigenvalue weighted by Crippen LogP contribution is -2.37. The molecule has 0 bridgehead atoms. The molecule has 0 radical (unpaired) electrons. The highest BCUT2D eigenvalue weighted by molar-refractivity contribution is 9.10. The number of amides is 1. The fourth-order valence-corrected chi connectivity index (χ4v) is 3.44. The summed E-state index contributed by atoms with van der Waals surface area (Å²) < 4.78 is 25.9. The van der Waals surface area contributed by atoms with Gasteiger partial charge in [-0.2, -0.15) is 18.4 Å². The predicted octanol–water partition coefficient (Wildman–Crippen LogP) is 0.818. The second-order valence-electron chi connectivity index (χ2n) is 5.22. The summed E-state index contributed by atoms with van der Waals surface area (Å²) in [6.07, 6.45) is 2.37. The number of carbonyl (C=O) groups is 1. The fourth-order valence-electron chi connectivity index (χ4n) is 1.64. The number of benzene rings is 1. The minimum absolute atomic E-state index is 0.0700. The number of hydrogen-bond donors (Lipinski definition) is 2. The zero-order valence-electron chi connectivity index (χ0n) is 15.1. The Kier molecular flexibility index (Phi) is 8.48. The van der Waals surface area contributed by atoms with E-state index in [1.54, 1.807) is 26.4 Å². The Morgan fingerprint density at radius 2 is 1.89 bits per heavy atom. The number of aromatic nitrogens is 2. The molecule has 1 heterocycles. The van der Waals surface area contributed by atoms with Crippen molar-refractivity contribution in [3.8, 4) is 6.07 Å². The van der Waals surface area contributed by atoms with Gasteiger partial charge in [-0.25, -0.2) is 9.82 Å². The maximum atomic E-state index is 12.3. The number of nitrogens with two attached hydrogens (primary N) is 1. The van der Waals surface area contributed by atoms with Gasteiger partial charge in [0, 0.05) is 18.6 Å². The number of anilines is 1. The molecule has 0 fully saturated rings. The number of nitrogens with zero attached hydrogens (tertiary/aromatic N) is 4. The zero-order valence-corrected chi connectivity index (χ0v) is 18.3. The van der Waals surface area contributed by atoms with Crippen LogP contribution in [-0.2, 0) is 14.8 Å². The van der Waals surface area contributed by atoms with Crippen molar-refractivity contribution < 1.29 is 13.2 Å². The van der Waals surface area contributed by atoms with Gasteiger partial charge in [-0.05, 0) is 30.5 Å². The zero-order chi connectivity index (χ0) is 21.5. The van der Waals surface area contributed by atoms with Gasteiger partial charge in [-0.1, -0.05) is 15.9 Å². The van der Waals surface area contributed by atoms with Gasteiger partial charge in [0.2, 0.25) is 12.4 Å². The van der Waals surface area contributed by atoms with Crippen LogP contribution in [0.25, 0.3) is 0 Å². The van der Waals surface area contributed by atoms with E-state index in [9.17, 15) is 18.0 Å². The molecule has 150 valence electrons. The van der Waals surface area contributed by atoms with Gasteiger partial charge in [0.25, 0.3) is 15.6 Å². The first kappa shape index (κ1) is 23.5. The molecule has 0 aliphatic heterocycles. The number of hydrogen-bond acceptors (Lipinski definition) is 8. The minimum Gasteiger partial charge on any atom is -0.368 e. The van der Waals surface area contributed by atoms with Crippen LogP contribution in [0.5, 0.6) is 0 Å². The first-order valence-electron chi connectivity index (χ1n) is 7.34. The van der Waals surface area contributed by atoms with Crippen LogP contribution >= 0.6 is 27.7 Å². The lowest BCUT2D eigenvalue weighted by Gasteiger charge is -2.13. The smallest absolute Gasteiger partial charge is 0.293 e. The first-order chi connectivity index (χ1) is 13.1. The lowest BCUT2D eigenvalue weighted by atomic mass is 10.4. The summed E-state index contributed by atoms with van der Waals surface area (Å²) in [6, 6.07) is 7.48. The fraction of sp³-hybridized carbons (Fsp3) is 0.200. The molecule has 1 amide bonds. The molecule has 3 N–H and O–H groups in total. The number of halogens is 1. The van der Waals surface area contributed by atoms with Crippen LogP contribution in [0.2, 0.25) is 0 Å². The summed E-state index contributed by atoms with van der Waals surface area (Å²) >= 11 is 4.26. The van der Waals surface area contributed by atoms with E-state index in [1.807, 2.05) is 4.83 Å². The van der Waals surface area contributed by atoms with Crippen LogP contribution < -0.4 is 16.1 Å². The van der Waals surface area contributed by atoms with Crippen LogP contribution in [0, 0.1) is 11.3 Å². The van der Waals surface area contributed by atoms with Gasteiger partial charge in [0.05, 0.1) is 4.90 Å². The number of nitriles is 1. The van der Waals surface area contributed by atoms with Gasteiger partial charge in [0.1, 0.15) is 11.1 Å². The summed E-state index contributed by atoms with van der Waals surface area (Å²) in [5.74, 6) is -0.362. The van der Waals surface area contributed by atoms with Crippen molar-refractivity contribution >= 4 is 50.1 Å². The average molecular weight is 489 g/mol. The maximum Gasteiger partial charge on any atom is 0.293 e. The van der Waals surface area contributed by atoms with Crippen molar-refractivity contribution in [2.45, 2.75) is 9.92 Å². The molecule has 28 heavy (non-hydrogen) atoms. The van der Waals surface area contributed by atoms with Crippen molar-refractivity contribution in [1.29, 1.82) is 5.26 Å². The van der Waals surface area contributed by atoms with Crippen LogP contribution in [0.4, 0.5) is 5.95 Å². The maximum absolute atomic E-state index is 12.3. The Morgan fingerprint density at radius 1 is 1.36 bits per heavy atom. The third-order valence-corrected chi connectivity index (χ3v) is 5.45. The molecule has 0 saturated heterocycles. The summed E-state index contributed by atoms with van der Waals surface area (Å²) in [4.78, 5) is 28.9. The van der Waals surface area contributed by atoms with E-state index in [0.29, 0.717) is 9.15 Å². The van der Waals surface area contributed by atoms with E-state index >= 15 is 0 Å². The van der Waals surface area contributed by atoms with Crippen LogP contribution in [0.15, 0.2) is 43.5 Å². The molecule has 0 aliphatic carbocycles. The van der Waals surface area contributed by atoms with Gasteiger partial charge >= 0.3 is 0 Å². The lowest BCUT2D eigenvalue weighted by molar-refractivity contribution is -0.115. The van der Waals surface area contributed by atoms with E-state index in [0.717, 1.165) is 18.2 Å². The molecule has 2 rings (SSSR count). The summed E-state index contributed by atoms with van der Waals surface area (Å²) in [6.45, 7) is 0. The second-order valence-corrected chi connectivity index (χ2v) is 8.60. The molecule has 0 unspecified atom stereocenters. The Morgan fingerprint density at radius 3 is 2.32 bits per heavy atom.